The highest BCUT2D eigenvalue weighted by Gasteiger charge is 2.46. The number of piperazine rings is 1. The molecule has 3 aliphatic rings. The van der Waals surface area contributed by atoms with Gasteiger partial charge in [-0.05, 0) is 44.9 Å². The molecule has 0 aromatic carbocycles. The molecular weight excluding hydrogens is 220 g/mol. The number of hydrogen-bond acceptors (Lipinski definition) is 2. The van der Waals surface area contributed by atoms with Crippen molar-refractivity contribution < 1.29 is 0 Å². The quantitative estimate of drug-likeness (QED) is 0.827. The van der Waals surface area contributed by atoms with Gasteiger partial charge in [0.1, 0.15) is 0 Å². The number of nitrogens with one attached hydrogen (secondary N) is 1. The summed E-state index contributed by atoms with van der Waals surface area (Å²) in [7, 11) is 0. The lowest BCUT2D eigenvalue weighted by atomic mass is 9.76. The Morgan fingerprint density at radius 2 is 1.89 bits per heavy atom. The normalized spacial score (nSPS) is 37.0. The van der Waals surface area contributed by atoms with Gasteiger partial charge in [0, 0.05) is 30.7 Å². The van der Waals surface area contributed by atoms with Crippen molar-refractivity contribution >= 4 is 0 Å². The molecule has 2 heteroatoms. The van der Waals surface area contributed by atoms with Gasteiger partial charge in [0.2, 0.25) is 0 Å². The van der Waals surface area contributed by atoms with E-state index in [1.54, 1.807) is 0 Å². The van der Waals surface area contributed by atoms with Crippen LogP contribution in [-0.4, -0.2) is 35.6 Å². The van der Waals surface area contributed by atoms with Gasteiger partial charge in [-0.2, -0.15) is 0 Å². The zero-order valence-corrected chi connectivity index (χ0v) is 12.3. The van der Waals surface area contributed by atoms with Crippen LogP contribution in [-0.2, 0) is 0 Å². The Labute approximate surface area is 113 Å². The van der Waals surface area contributed by atoms with Crippen LogP contribution < -0.4 is 5.32 Å². The first-order valence-electron chi connectivity index (χ1n) is 8.16. The Hall–Kier alpha value is -0.0800. The molecule has 0 amide bonds. The molecule has 0 aromatic heterocycles. The summed E-state index contributed by atoms with van der Waals surface area (Å²) in [5.41, 5.74) is 0.882. The predicted molar refractivity (Wildman–Crippen MR) is 76.8 cm³/mol. The Kier molecular flexibility index (Phi) is 3.44. The zero-order chi connectivity index (χ0) is 12.6. The smallest absolute Gasteiger partial charge is 0.0335 e. The molecule has 1 aliphatic heterocycles. The minimum Gasteiger partial charge on any atom is -0.308 e. The third-order valence-corrected chi connectivity index (χ3v) is 5.79. The number of hydrogen-bond donors (Lipinski definition) is 1. The SMILES string of the molecule is CCC1(C)CN(CC2CC2)C2(CCCCC2)CN1. The molecule has 0 bridgehead atoms. The molecule has 1 atom stereocenters. The Morgan fingerprint density at radius 3 is 2.50 bits per heavy atom. The molecule has 18 heavy (non-hydrogen) atoms. The second kappa shape index (κ2) is 4.79. The molecule has 1 heterocycles. The van der Waals surface area contributed by atoms with E-state index in [-0.39, 0.29) is 0 Å². The first-order chi connectivity index (χ1) is 8.66. The molecule has 2 nitrogen and oxygen atoms in total. The fourth-order valence-corrected chi connectivity index (χ4v) is 3.94. The van der Waals surface area contributed by atoms with Crippen molar-refractivity contribution in [3.8, 4) is 0 Å². The summed E-state index contributed by atoms with van der Waals surface area (Å²) in [5, 5.41) is 3.89. The fraction of sp³-hybridized carbons (Fsp3) is 1.00. The minimum atomic E-state index is 0.359. The molecular formula is C16H30N2. The maximum atomic E-state index is 3.89. The average molecular weight is 250 g/mol. The van der Waals surface area contributed by atoms with Crippen LogP contribution >= 0.6 is 0 Å². The fourth-order valence-electron chi connectivity index (χ4n) is 3.94. The van der Waals surface area contributed by atoms with E-state index in [1.165, 1.54) is 71.0 Å². The van der Waals surface area contributed by atoms with E-state index in [4.69, 9.17) is 0 Å². The van der Waals surface area contributed by atoms with Crippen LogP contribution in [0.1, 0.15) is 65.2 Å². The van der Waals surface area contributed by atoms with Crippen molar-refractivity contribution in [2.75, 3.05) is 19.6 Å². The Bertz CT molecular complexity index is 291. The molecule has 1 unspecified atom stereocenters. The topological polar surface area (TPSA) is 15.3 Å². The lowest BCUT2D eigenvalue weighted by Crippen LogP contribution is -2.69. The summed E-state index contributed by atoms with van der Waals surface area (Å²) in [4.78, 5) is 2.91. The summed E-state index contributed by atoms with van der Waals surface area (Å²) in [5.74, 6) is 1.03. The lowest BCUT2D eigenvalue weighted by Gasteiger charge is -2.55. The second-order valence-corrected chi connectivity index (χ2v) is 7.38. The lowest BCUT2D eigenvalue weighted by molar-refractivity contribution is -0.0185. The van der Waals surface area contributed by atoms with E-state index in [0.717, 1.165) is 5.92 Å². The van der Waals surface area contributed by atoms with Gasteiger partial charge < -0.3 is 5.32 Å². The largest absolute Gasteiger partial charge is 0.308 e. The molecule has 1 spiro atoms. The molecule has 104 valence electrons. The molecule has 0 radical (unpaired) electrons. The number of nitrogens with zero attached hydrogens (tertiary/aromatic N) is 1. The van der Waals surface area contributed by atoms with Crippen LogP contribution in [0.5, 0.6) is 0 Å². The highest BCUT2D eigenvalue weighted by atomic mass is 15.3. The van der Waals surface area contributed by atoms with Gasteiger partial charge in [-0.15, -0.1) is 0 Å². The highest BCUT2D eigenvalue weighted by Crippen LogP contribution is 2.40. The van der Waals surface area contributed by atoms with Crippen molar-refractivity contribution in [3.63, 3.8) is 0 Å². The van der Waals surface area contributed by atoms with E-state index in [2.05, 4.69) is 24.1 Å². The van der Waals surface area contributed by atoms with Gasteiger partial charge in [0.15, 0.2) is 0 Å². The van der Waals surface area contributed by atoms with Crippen LogP contribution in [0.25, 0.3) is 0 Å². The summed E-state index contributed by atoms with van der Waals surface area (Å²) >= 11 is 0. The van der Waals surface area contributed by atoms with E-state index in [9.17, 15) is 0 Å². The third kappa shape index (κ3) is 2.46. The Morgan fingerprint density at radius 1 is 1.17 bits per heavy atom. The summed E-state index contributed by atoms with van der Waals surface area (Å²) in [6.45, 7) is 8.66. The monoisotopic (exact) mass is 250 g/mol. The summed E-state index contributed by atoms with van der Waals surface area (Å²) in [6.07, 6.45) is 11.5. The van der Waals surface area contributed by atoms with Gasteiger partial charge in [0.05, 0.1) is 0 Å². The molecule has 2 saturated carbocycles. The predicted octanol–water partition coefficient (Wildman–Crippen LogP) is 3.17. The van der Waals surface area contributed by atoms with Gasteiger partial charge in [-0.1, -0.05) is 26.2 Å². The van der Waals surface area contributed by atoms with Crippen LogP contribution in [0.3, 0.4) is 0 Å². The maximum absolute atomic E-state index is 3.89. The maximum Gasteiger partial charge on any atom is 0.0335 e. The molecule has 2 aliphatic carbocycles. The van der Waals surface area contributed by atoms with Crippen molar-refractivity contribution in [2.24, 2.45) is 5.92 Å². The van der Waals surface area contributed by atoms with Crippen molar-refractivity contribution in [1.29, 1.82) is 0 Å². The molecule has 3 rings (SSSR count). The average Bonchev–Trinajstić information content (AvgIpc) is 3.20. The zero-order valence-electron chi connectivity index (χ0n) is 12.3. The van der Waals surface area contributed by atoms with Crippen molar-refractivity contribution in [3.05, 3.63) is 0 Å². The second-order valence-electron chi connectivity index (χ2n) is 7.38. The van der Waals surface area contributed by atoms with E-state index >= 15 is 0 Å². The van der Waals surface area contributed by atoms with Crippen LogP contribution in [0.15, 0.2) is 0 Å². The van der Waals surface area contributed by atoms with E-state index in [0.29, 0.717) is 11.1 Å². The van der Waals surface area contributed by atoms with Crippen molar-refractivity contribution in [1.82, 2.24) is 10.2 Å². The van der Waals surface area contributed by atoms with Crippen LogP contribution in [0.2, 0.25) is 0 Å². The first kappa shape index (κ1) is 12.9. The first-order valence-corrected chi connectivity index (χ1v) is 8.16. The third-order valence-electron chi connectivity index (χ3n) is 5.79. The molecule has 3 fully saturated rings. The molecule has 1 N–H and O–H groups in total. The van der Waals surface area contributed by atoms with Crippen molar-refractivity contribution in [2.45, 2.75) is 76.3 Å². The van der Waals surface area contributed by atoms with Gasteiger partial charge in [-0.3, -0.25) is 4.90 Å². The number of rotatable bonds is 3. The van der Waals surface area contributed by atoms with Gasteiger partial charge >= 0.3 is 0 Å². The van der Waals surface area contributed by atoms with E-state index in [1.807, 2.05) is 0 Å². The van der Waals surface area contributed by atoms with Crippen LogP contribution in [0, 0.1) is 5.92 Å². The van der Waals surface area contributed by atoms with Gasteiger partial charge in [-0.25, -0.2) is 0 Å². The summed E-state index contributed by atoms with van der Waals surface area (Å²) < 4.78 is 0. The molecule has 0 aromatic rings. The van der Waals surface area contributed by atoms with Gasteiger partial charge in [0.25, 0.3) is 0 Å². The Balaban J connectivity index is 1.74. The standard InChI is InChI=1S/C16H30N2/c1-3-15(2)13-18(11-14-7-8-14)16(12-17-15)9-5-4-6-10-16/h14,17H,3-13H2,1-2H3. The molecule has 1 saturated heterocycles. The van der Waals surface area contributed by atoms with E-state index < -0.39 is 0 Å². The minimum absolute atomic E-state index is 0.359. The highest BCUT2D eigenvalue weighted by molar-refractivity contribution is 5.05. The summed E-state index contributed by atoms with van der Waals surface area (Å²) in [6, 6.07) is 0. The van der Waals surface area contributed by atoms with Crippen LogP contribution in [0.4, 0.5) is 0 Å².